The number of benzene rings is 2. The van der Waals surface area contributed by atoms with Crippen LogP contribution in [0, 0.1) is 10.4 Å². The lowest BCUT2D eigenvalue weighted by Gasteiger charge is -2.31. The molecule has 1 N–H and O–H groups in total. The van der Waals surface area contributed by atoms with Crippen LogP contribution in [0.5, 0.6) is 5.75 Å². The van der Waals surface area contributed by atoms with Crippen LogP contribution in [0.1, 0.15) is 24.8 Å². The molecule has 208 valence electrons. The highest BCUT2D eigenvalue weighted by molar-refractivity contribution is 5.71. The predicted octanol–water partition coefficient (Wildman–Crippen LogP) is 2.55. The van der Waals surface area contributed by atoms with Crippen molar-refractivity contribution in [1.82, 2.24) is 10.00 Å². The molecule has 1 amide bonds. The number of amides is 1. The van der Waals surface area contributed by atoms with Gasteiger partial charge in [0.25, 0.3) is 0 Å². The number of nitrogens with one attached hydrogen (secondary N) is 1. The number of piperidine rings is 1. The molecule has 39 heavy (non-hydrogen) atoms. The van der Waals surface area contributed by atoms with E-state index in [1.54, 1.807) is 4.90 Å². The van der Waals surface area contributed by atoms with Crippen molar-refractivity contribution in [3.05, 3.63) is 64.5 Å². The van der Waals surface area contributed by atoms with E-state index in [1.165, 1.54) is 0 Å². The van der Waals surface area contributed by atoms with Crippen molar-refractivity contribution in [2.24, 2.45) is 0 Å². The molecule has 1 aliphatic rings. The number of carbonyl (C=O) groups is 2. The number of anilines is 1. The SMILES string of the molecule is O=C(CCNc1n[n+]([O-])c2cc(OC(F)(F)F)ccc2[n+]1[O-])OC1CCN(C(=O)OCc2ccccc2)CC1. The summed E-state index contributed by atoms with van der Waals surface area (Å²) >= 11 is 0. The second-order valence-electron chi connectivity index (χ2n) is 8.58. The first-order chi connectivity index (χ1) is 18.6. The molecule has 0 spiro atoms. The molecule has 1 aliphatic heterocycles. The van der Waals surface area contributed by atoms with E-state index in [-0.39, 0.29) is 34.7 Å². The number of alkyl halides is 3. The number of likely N-dealkylation sites (tertiary alicyclic amines) is 1. The summed E-state index contributed by atoms with van der Waals surface area (Å²) in [7, 11) is 0. The normalized spacial score (nSPS) is 14.2. The molecule has 15 heteroatoms. The van der Waals surface area contributed by atoms with E-state index < -0.39 is 41.7 Å². The Labute approximate surface area is 219 Å². The Bertz CT molecular complexity index is 1320. The minimum absolute atomic E-state index is 0.0216. The van der Waals surface area contributed by atoms with Crippen molar-refractivity contribution in [3.63, 3.8) is 0 Å². The predicted molar refractivity (Wildman–Crippen MR) is 127 cm³/mol. The number of halogens is 3. The molecule has 1 aromatic heterocycles. The Morgan fingerprint density at radius 3 is 2.49 bits per heavy atom. The summed E-state index contributed by atoms with van der Waals surface area (Å²) in [5, 5.41) is 30.7. The molecule has 1 saturated heterocycles. The van der Waals surface area contributed by atoms with Gasteiger partial charge in [-0.25, -0.2) is 9.52 Å². The molecule has 0 bridgehead atoms. The van der Waals surface area contributed by atoms with Crippen LogP contribution in [-0.2, 0) is 20.9 Å². The van der Waals surface area contributed by atoms with E-state index in [1.807, 2.05) is 30.3 Å². The molecule has 0 atom stereocenters. The minimum atomic E-state index is -4.97. The number of hydrogen-bond donors (Lipinski definition) is 1. The maximum absolute atomic E-state index is 12.5. The van der Waals surface area contributed by atoms with Gasteiger partial charge in [-0.2, -0.15) is 0 Å². The van der Waals surface area contributed by atoms with E-state index in [4.69, 9.17) is 9.47 Å². The summed E-state index contributed by atoms with van der Waals surface area (Å²) in [6, 6.07) is 11.9. The van der Waals surface area contributed by atoms with Gasteiger partial charge in [-0.3, -0.25) is 10.1 Å². The smallest absolute Gasteiger partial charge is 0.573 e. The van der Waals surface area contributed by atoms with Gasteiger partial charge in [0.1, 0.15) is 18.5 Å². The minimum Gasteiger partial charge on any atom is -0.739 e. The van der Waals surface area contributed by atoms with Crippen LogP contribution in [-0.4, -0.2) is 54.2 Å². The fraction of sp³-hybridized carbons (Fsp3) is 0.375. The molecule has 0 radical (unpaired) electrons. The van der Waals surface area contributed by atoms with Gasteiger partial charge in [-0.05, 0) is 17.7 Å². The lowest BCUT2D eigenvalue weighted by Crippen LogP contribution is -2.44. The third kappa shape index (κ3) is 7.49. The molecule has 3 aromatic rings. The van der Waals surface area contributed by atoms with Gasteiger partial charge in [0.05, 0.1) is 19.0 Å². The maximum atomic E-state index is 12.5. The second kappa shape index (κ2) is 11.9. The molecule has 0 aliphatic carbocycles. The van der Waals surface area contributed by atoms with Crippen LogP contribution in [0.25, 0.3) is 11.0 Å². The zero-order valence-corrected chi connectivity index (χ0v) is 20.4. The third-order valence-electron chi connectivity index (χ3n) is 5.80. The van der Waals surface area contributed by atoms with Crippen molar-refractivity contribution in [2.45, 2.75) is 38.3 Å². The van der Waals surface area contributed by atoms with E-state index in [9.17, 15) is 33.2 Å². The average molecular weight is 551 g/mol. The van der Waals surface area contributed by atoms with Crippen LogP contribution in [0.15, 0.2) is 48.5 Å². The highest BCUT2D eigenvalue weighted by Crippen LogP contribution is 2.24. The molecule has 2 heterocycles. The number of carbonyl (C=O) groups excluding carboxylic acids is 2. The third-order valence-corrected chi connectivity index (χ3v) is 5.80. The summed E-state index contributed by atoms with van der Waals surface area (Å²) in [6.07, 6.45) is -5.09. The lowest BCUT2D eigenvalue weighted by atomic mass is 10.1. The van der Waals surface area contributed by atoms with Crippen LogP contribution < -0.4 is 19.6 Å². The molecular weight excluding hydrogens is 527 g/mol. The molecular formula is C24H24F3N5O7. The Balaban J connectivity index is 1.22. The first-order valence-corrected chi connectivity index (χ1v) is 11.9. The fourth-order valence-corrected chi connectivity index (χ4v) is 3.92. The number of esters is 1. The van der Waals surface area contributed by atoms with Gasteiger partial charge in [0.2, 0.25) is 5.10 Å². The average Bonchev–Trinajstić information content (AvgIpc) is 2.90. The first-order valence-electron chi connectivity index (χ1n) is 11.9. The number of rotatable bonds is 8. The maximum Gasteiger partial charge on any atom is 0.573 e. The monoisotopic (exact) mass is 551 g/mol. The Hall–Kier alpha value is -4.56. The van der Waals surface area contributed by atoms with Crippen molar-refractivity contribution in [2.75, 3.05) is 25.0 Å². The lowest BCUT2D eigenvalue weighted by molar-refractivity contribution is -0.672. The van der Waals surface area contributed by atoms with E-state index in [0.717, 1.165) is 23.8 Å². The van der Waals surface area contributed by atoms with E-state index >= 15 is 0 Å². The zero-order valence-electron chi connectivity index (χ0n) is 20.4. The standard InChI is InChI=1S/C24H24F3N5O7/c25-24(26,27)39-18-6-7-19-20(14-18)32(36)29-22(31(19)35)28-11-8-21(33)38-17-9-12-30(13-10-17)23(34)37-15-16-4-2-1-3-5-16/h1-7,14,17H,8-13,15H2,(H,28,29). The fourth-order valence-electron chi connectivity index (χ4n) is 3.92. The molecule has 1 fully saturated rings. The summed E-state index contributed by atoms with van der Waals surface area (Å²) in [5.41, 5.74) is 0.181. The van der Waals surface area contributed by atoms with Crippen molar-refractivity contribution in [3.8, 4) is 5.75 Å². The van der Waals surface area contributed by atoms with Crippen molar-refractivity contribution in [1.29, 1.82) is 0 Å². The van der Waals surface area contributed by atoms with Gasteiger partial charge < -0.3 is 29.5 Å². The molecule has 2 aromatic carbocycles. The Morgan fingerprint density at radius 2 is 1.79 bits per heavy atom. The summed E-state index contributed by atoms with van der Waals surface area (Å²) < 4.78 is 51.9. The zero-order chi connectivity index (χ0) is 28.0. The highest BCUT2D eigenvalue weighted by atomic mass is 19.4. The van der Waals surface area contributed by atoms with Crippen molar-refractivity contribution < 1.29 is 46.5 Å². The summed E-state index contributed by atoms with van der Waals surface area (Å²) in [6.45, 7) is 0.789. The molecule has 12 nitrogen and oxygen atoms in total. The van der Waals surface area contributed by atoms with Gasteiger partial charge >= 0.3 is 29.9 Å². The second-order valence-corrected chi connectivity index (χ2v) is 8.58. The van der Waals surface area contributed by atoms with E-state index in [0.29, 0.717) is 25.9 Å². The highest BCUT2D eigenvalue weighted by Gasteiger charge is 2.32. The quantitative estimate of drug-likeness (QED) is 0.254. The topological polar surface area (TPSA) is 144 Å². The first kappa shape index (κ1) is 27.5. The molecule has 0 unspecified atom stereocenters. The van der Waals surface area contributed by atoms with Crippen LogP contribution in [0.3, 0.4) is 0 Å². The number of hydrogen-bond acceptors (Lipinski definition) is 9. The molecule has 4 rings (SSSR count). The summed E-state index contributed by atoms with van der Waals surface area (Å²) in [5.74, 6) is -1.69. The molecule has 0 saturated carbocycles. The van der Waals surface area contributed by atoms with Gasteiger partial charge in [0.15, 0.2) is 5.52 Å². The Morgan fingerprint density at radius 1 is 1.08 bits per heavy atom. The van der Waals surface area contributed by atoms with Crippen LogP contribution in [0.4, 0.5) is 23.9 Å². The number of nitrogens with zero attached hydrogens (tertiary/aromatic N) is 4. The van der Waals surface area contributed by atoms with Gasteiger partial charge in [0, 0.05) is 30.8 Å². The van der Waals surface area contributed by atoms with Crippen LogP contribution >= 0.6 is 0 Å². The van der Waals surface area contributed by atoms with Crippen molar-refractivity contribution >= 4 is 29.0 Å². The number of aromatic nitrogens is 3. The van der Waals surface area contributed by atoms with E-state index in [2.05, 4.69) is 15.2 Å². The van der Waals surface area contributed by atoms with Gasteiger partial charge in [-0.15, -0.1) is 13.2 Å². The van der Waals surface area contributed by atoms with Gasteiger partial charge in [-0.1, -0.05) is 30.3 Å². The number of ether oxygens (including phenoxy) is 3. The Kier molecular flexibility index (Phi) is 8.36. The number of fused-ring (bicyclic) bond motifs is 1. The van der Waals surface area contributed by atoms with Crippen LogP contribution in [0.2, 0.25) is 0 Å². The summed E-state index contributed by atoms with van der Waals surface area (Å²) in [4.78, 5) is 26.0. The largest absolute Gasteiger partial charge is 0.739 e.